The second kappa shape index (κ2) is 6.69. The highest BCUT2D eigenvalue weighted by Gasteiger charge is 2.37. The number of carbonyl (C=O) groups is 4. The van der Waals surface area contributed by atoms with Gasteiger partial charge in [-0.3, -0.25) is 29.0 Å². The van der Waals surface area contributed by atoms with Gasteiger partial charge in [-0.15, -0.1) is 0 Å². The van der Waals surface area contributed by atoms with Crippen molar-refractivity contribution in [2.24, 2.45) is 0 Å². The van der Waals surface area contributed by atoms with Crippen LogP contribution in [0.3, 0.4) is 0 Å². The Labute approximate surface area is 158 Å². The molecule has 2 aliphatic heterocycles. The number of fused-ring (bicyclic) bond motifs is 2. The van der Waals surface area contributed by atoms with Crippen molar-refractivity contribution >= 4 is 29.4 Å². The molecule has 9 nitrogen and oxygen atoms in total. The zero-order chi connectivity index (χ0) is 19.8. The molecule has 9 heteroatoms. The first-order chi connectivity index (χ1) is 13.5. The number of imide groups is 1. The number of amides is 3. The minimum absolute atomic E-state index is 0.0285. The molecular formula is C19H14N2O7. The van der Waals surface area contributed by atoms with Crippen LogP contribution in [0.1, 0.15) is 20.7 Å². The Hall–Kier alpha value is -3.88. The monoisotopic (exact) mass is 382 g/mol. The fourth-order valence-corrected chi connectivity index (χ4v) is 3.12. The lowest BCUT2D eigenvalue weighted by molar-refractivity contribution is -0.136. The van der Waals surface area contributed by atoms with Crippen molar-refractivity contribution in [3.63, 3.8) is 0 Å². The third-order valence-corrected chi connectivity index (χ3v) is 4.43. The molecule has 0 atom stereocenters. The second-order valence-electron chi connectivity index (χ2n) is 6.15. The summed E-state index contributed by atoms with van der Waals surface area (Å²) in [5.74, 6) is -2.28. The van der Waals surface area contributed by atoms with E-state index in [1.165, 1.54) is 24.3 Å². The minimum atomic E-state index is -1.24. The maximum absolute atomic E-state index is 12.8. The Morgan fingerprint density at radius 2 is 1.64 bits per heavy atom. The molecule has 0 aliphatic carbocycles. The number of carboxylic acids is 1. The number of rotatable bonds is 5. The fraction of sp³-hybridized carbons (Fsp3) is 0.158. The molecule has 2 aromatic rings. The van der Waals surface area contributed by atoms with Crippen LogP contribution in [0.25, 0.3) is 0 Å². The zero-order valence-electron chi connectivity index (χ0n) is 14.5. The van der Waals surface area contributed by atoms with Crippen LogP contribution in [-0.4, -0.2) is 53.6 Å². The second-order valence-corrected chi connectivity index (χ2v) is 6.15. The third kappa shape index (κ3) is 2.92. The molecule has 0 fully saturated rings. The number of aliphatic carboxylic acids is 1. The van der Waals surface area contributed by atoms with Crippen molar-refractivity contribution in [1.82, 2.24) is 4.90 Å². The van der Waals surface area contributed by atoms with Gasteiger partial charge in [-0.25, -0.2) is 0 Å². The molecule has 2 aromatic carbocycles. The van der Waals surface area contributed by atoms with E-state index in [0.717, 1.165) is 9.80 Å². The molecule has 142 valence electrons. The predicted molar refractivity (Wildman–Crippen MR) is 94.4 cm³/mol. The summed E-state index contributed by atoms with van der Waals surface area (Å²) in [6, 6.07) is 10.8. The predicted octanol–water partition coefficient (Wildman–Crippen LogP) is 1.13. The van der Waals surface area contributed by atoms with Gasteiger partial charge < -0.3 is 14.6 Å². The molecule has 0 aromatic heterocycles. The highest BCUT2D eigenvalue weighted by atomic mass is 16.7. The van der Waals surface area contributed by atoms with Gasteiger partial charge in [0.1, 0.15) is 13.1 Å². The highest BCUT2D eigenvalue weighted by Crippen LogP contribution is 2.35. The summed E-state index contributed by atoms with van der Waals surface area (Å²) in [6.45, 7) is -1.18. The van der Waals surface area contributed by atoms with Gasteiger partial charge in [-0.2, -0.15) is 0 Å². The summed E-state index contributed by atoms with van der Waals surface area (Å²) in [6.07, 6.45) is 0. The van der Waals surface area contributed by atoms with Crippen LogP contribution in [0.4, 0.5) is 5.69 Å². The van der Waals surface area contributed by atoms with Crippen molar-refractivity contribution < 1.29 is 33.8 Å². The molecule has 0 saturated carbocycles. The molecule has 3 amide bonds. The van der Waals surface area contributed by atoms with Crippen LogP contribution >= 0.6 is 0 Å². The van der Waals surface area contributed by atoms with Crippen LogP contribution in [0.15, 0.2) is 42.5 Å². The maximum Gasteiger partial charge on any atom is 0.323 e. The standard InChI is InChI=1S/C19H14N2O7/c22-16(8-21-18(25)12-3-1-2-4-13(12)19(21)26)20(9-17(23)24)11-5-6-14-15(7-11)28-10-27-14/h1-7H,8-10H2,(H,23,24). The smallest absolute Gasteiger partial charge is 0.323 e. The number of ether oxygens (including phenoxy) is 2. The van der Waals surface area contributed by atoms with Crippen molar-refractivity contribution in [2.75, 3.05) is 24.8 Å². The Morgan fingerprint density at radius 3 is 2.29 bits per heavy atom. The van der Waals surface area contributed by atoms with Crippen LogP contribution in [0.2, 0.25) is 0 Å². The van der Waals surface area contributed by atoms with E-state index in [9.17, 15) is 24.3 Å². The number of nitrogens with zero attached hydrogens (tertiary/aromatic N) is 2. The van der Waals surface area contributed by atoms with Crippen LogP contribution in [0.5, 0.6) is 11.5 Å². The molecule has 0 radical (unpaired) electrons. The average Bonchev–Trinajstić information content (AvgIpc) is 3.24. The number of hydrogen-bond donors (Lipinski definition) is 1. The van der Waals surface area contributed by atoms with Crippen LogP contribution in [-0.2, 0) is 9.59 Å². The van der Waals surface area contributed by atoms with Gasteiger partial charge in [-0.1, -0.05) is 12.1 Å². The number of benzene rings is 2. The van der Waals surface area contributed by atoms with Crippen LogP contribution < -0.4 is 14.4 Å². The lowest BCUT2D eigenvalue weighted by Gasteiger charge is -2.23. The molecule has 2 heterocycles. The molecule has 0 saturated heterocycles. The van der Waals surface area contributed by atoms with Gasteiger partial charge in [0.05, 0.1) is 11.1 Å². The molecule has 28 heavy (non-hydrogen) atoms. The number of carbonyl (C=O) groups excluding carboxylic acids is 3. The summed E-state index contributed by atoms with van der Waals surface area (Å²) in [4.78, 5) is 50.8. The third-order valence-electron chi connectivity index (χ3n) is 4.43. The van der Waals surface area contributed by atoms with E-state index >= 15 is 0 Å². The van der Waals surface area contributed by atoms with E-state index in [1.54, 1.807) is 18.2 Å². The van der Waals surface area contributed by atoms with E-state index in [2.05, 4.69) is 0 Å². The Kier molecular flexibility index (Phi) is 4.19. The van der Waals surface area contributed by atoms with Gasteiger partial charge in [-0.05, 0) is 24.3 Å². The molecule has 2 aliphatic rings. The topological polar surface area (TPSA) is 113 Å². The van der Waals surface area contributed by atoms with E-state index in [-0.39, 0.29) is 23.6 Å². The summed E-state index contributed by atoms with van der Waals surface area (Å²) < 4.78 is 10.5. The van der Waals surface area contributed by atoms with Crippen molar-refractivity contribution in [2.45, 2.75) is 0 Å². The molecule has 0 unspecified atom stereocenters. The van der Waals surface area contributed by atoms with Gasteiger partial charge in [0.25, 0.3) is 11.8 Å². The quantitative estimate of drug-likeness (QED) is 0.771. The van der Waals surface area contributed by atoms with Gasteiger partial charge >= 0.3 is 5.97 Å². The van der Waals surface area contributed by atoms with Crippen LogP contribution in [0, 0.1) is 0 Å². The van der Waals surface area contributed by atoms with E-state index in [0.29, 0.717) is 11.5 Å². The number of hydrogen-bond acceptors (Lipinski definition) is 6. The van der Waals surface area contributed by atoms with Gasteiger partial charge in [0.15, 0.2) is 11.5 Å². The van der Waals surface area contributed by atoms with Crippen molar-refractivity contribution in [1.29, 1.82) is 0 Å². The lowest BCUT2D eigenvalue weighted by atomic mass is 10.1. The number of carboxylic acid groups (broad SMARTS) is 1. The molecule has 4 rings (SSSR count). The Morgan fingerprint density at radius 1 is 1.00 bits per heavy atom. The maximum atomic E-state index is 12.8. The average molecular weight is 382 g/mol. The summed E-state index contributed by atoms with van der Waals surface area (Å²) >= 11 is 0. The Bertz CT molecular complexity index is 982. The van der Waals surface area contributed by atoms with E-state index in [1.807, 2.05) is 0 Å². The van der Waals surface area contributed by atoms with E-state index < -0.39 is 36.8 Å². The SMILES string of the molecule is O=C(O)CN(C(=O)CN1C(=O)c2ccccc2C1=O)c1ccc2c(c1)OCO2. The summed E-state index contributed by atoms with van der Waals surface area (Å²) in [5.41, 5.74) is 0.689. The first-order valence-electron chi connectivity index (χ1n) is 8.33. The number of anilines is 1. The molecule has 1 N–H and O–H groups in total. The lowest BCUT2D eigenvalue weighted by Crippen LogP contribution is -2.44. The fourth-order valence-electron chi connectivity index (χ4n) is 3.12. The van der Waals surface area contributed by atoms with Gasteiger partial charge in [0.2, 0.25) is 12.7 Å². The van der Waals surface area contributed by atoms with Crippen molar-refractivity contribution in [3.8, 4) is 11.5 Å². The molecular weight excluding hydrogens is 368 g/mol. The summed E-state index contributed by atoms with van der Waals surface area (Å²) in [7, 11) is 0. The zero-order valence-corrected chi connectivity index (χ0v) is 14.5. The Balaban J connectivity index is 1.60. The first kappa shape index (κ1) is 17.5. The molecule has 0 bridgehead atoms. The first-order valence-corrected chi connectivity index (χ1v) is 8.33. The largest absolute Gasteiger partial charge is 0.480 e. The van der Waals surface area contributed by atoms with Crippen molar-refractivity contribution in [3.05, 3.63) is 53.6 Å². The van der Waals surface area contributed by atoms with Gasteiger partial charge in [0, 0.05) is 11.8 Å². The minimum Gasteiger partial charge on any atom is -0.480 e. The molecule has 0 spiro atoms. The van der Waals surface area contributed by atoms with E-state index in [4.69, 9.17) is 9.47 Å². The highest BCUT2D eigenvalue weighted by molar-refractivity contribution is 6.22. The summed E-state index contributed by atoms with van der Waals surface area (Å²) in [5, 5.41) is 9.20. The normalized spacial score (nSPS) is 14.2.